The van der Waals surface area contributed by atoms with Crippen LogP contribution in [0.3, 0.4) is 0 Å². The smallest absolute Gasteiger partial charge is 0.219 e. The maximum atomic E-state index is 6.32. The molecule has 0 atom stereocenters. The van der Waals surface area contributed by atoms with E-state index in [1.54, 1.807) is 6.20 Å². The van der Waals surface area contributed by atoms with Gasteiger partial charge in [0, 0.05) is 29.2 Å². The van der Waals surface area contributed by atoms with Gasteiger partial charge >= 0.3 is 0 Å². The number of ether oxygens (including phenoxy) is 1. The molecule has 0 amide bonds. The summed E-state index contributed by atoms with van der Waals surface area (Å²) < 4.78 is 8.60. The second kappa shape index (κ2) is 12.7. The number of aromatic nitrogens is 3. The normalized spacial score (nSPS) is 11.2. The van der Waals surface area contributed by atoms with Crippen LogP contribution in [-0.2, 0) is 0 Å². The Morgan fingerprint density at radius 1 is 0.360 bits per heavy atom. The van der Waals surface area contributed by atoms with E-state index in [9.17, 15) is 0 Å². The van der Waals surface area contributed by atoms with Gasteiger partial charge in [-0.2, -0.15) is 0 Å². The fourth-order valence-electron chi connectivity index (χ4n) is 6.74. The first-order valence-corrected chi connectivity index (χ1v) is 16.7. The van der Waals surface area contributed by atoms with Gasteiger partial charge in [-0.15, -0.1) is 0 Å². The van der Waals surface area contributed by atoms with Crippen LogP contribution in [0, 0.1) is 0 Å². The fraction of sp³-hybridized carbons (Fsp3) is 0. The monoisotopic (exact) mass is 641 g/mol. The molecule has 0 saturated heterocycles. The van der Waals surface area contributed by atoms with Crippen LogP contribution in [0.2, 0.25) is 0 Å². The predicted octanol–water partition coefficient (Wildman–Crippen LogP) is 12.0. The van der Waals surface area contributed by atoms with Gasteiger partial charge in [-0.1, -0.05) is 121 Å². The maximum absolute atomic E-state index is 6.32. The van der Waals surface area contributed by atoms with E-state index in [0.29, 0.717) is 5.88 Å². The van der Waals surface area contributed by atoms with Crippen LogP contribution < -0.4 is 4.74 Å². The van der Waals surface area contributed by atoms with Crippen molar-refractivity contribution in [2.45, 2.75) is 0 Å². The Bertz CT molecular complexity index is 2610. The second-order valence-electron chi connectivity index (χ2n) is 12.3. The van der Waals surface area contributed by atoms with E-state index in [0.717, 1.165) is 56.0 Å². The number of rotatable bonds is 7. The summed E-state index contributed by atoms with van der Waals surface area (Å²) in [6, 6.07) is 61.1. The summed E-state index contributed by atoms with van der Waals surface area (Å²) in [6.07, 6.45) is 3.69. The van der Waals surface area contributed by atoms with Crippen LogP contribution >= 0.6 is 0 Å². The zero-order valence-corrected chi connectivity index (χ0v) is 27.1. The SMILES string of the molecule is c1ccc(-c2ccnc(Oc3cccc(-c4ccc5c6cc(-c7ccccc7)ccc6n(-c6cc(-c7ccccc7)ccn6)c5c4)c3)c2)cc1. The molecule has 9 rings (SSSR count). The third-order valence-corrected chi connectivity index (χ3v) is 9.19. The lowest BCUT2D eigenvalue weighted by Gasteiger charge is -2.11. The highest BCUT2D eigenvalue weighted by Gasteiger charge is 2.16. The summed E-state index contributed by atoms with van der Waals surface area (Å²) in [4.78, 5) is 9.41. The highest BCUT2D eigenvalue weighted by Crippen LogP contribution is 2.38. The fourth-order valence-corrected chi connectivity index (χ4v) is 6.74. The standard InChI is InChI=1S/C46H31N3O/c1-4-11-32(12-5-1)36-20-22-43-42(28-36)41-21-19-37(29-44(41)49(43)45-30-38(23-25-47-45)33-13-6-2-7-14-33)35-17-10-18-40(27-35)50-46-31-39(24-26-48-46)34-15-8-3-9-16-34/h1-31H. The van der Waals surface area contributed by atoms with Crippen LogP contribution in [0.5, 0.6) is 11.6 Å². The van der Waals surface area contributed by atoms with Gasteiger partial charge in [-0.3, -0.25) is 4.57 Å². The average Bonchev–Trinajstić information content (AvgIpc) is 3.52. The molecular formula is C46H31N3O. The van der Waals surface area contributed by atoms with Crippen LogP contribution in [0.4, 0.5) is 0 Å². The molecule has 0 fully saturated rings. The molecule has 4 nitrogen and oxygen atoms in total. The lowest BCUT2D eigenvalue weighted by atomic mass is 10.0. The molecule has 50 heavy (non-hydrogen) atoms. The minimum atomic E-state index is 0.553. The van der Waals surface area contributed by atoms with Crippen molar-refractivity contribution in [1.29, 1.82) is 0 Å². The van der Waals surface area contributed by atoms with Gasteiger partial charge in [0.15, 0.2) is 0 Å². The summed E-state index contributed by atoms with van der Waals surface area (Å²) in [5, 5.41) is 2.35. The van der Waals surface area contributed by atoms with Gasteiger partial charge in [0.25, 0.3) is 0 Å². The molecule has 3 heterocycles. The van der Waals surface area contributed by atoms with Crippen molar-refractivity contribution in [2.24, 2.45) is 0 Å². The Morgan fingerprint density at radius 2 is 0.920 bits per heavy atom. The minimum absolute atomic E-state index is 0.553. The molecule has 6 aromatic carbocycles. The molecule has 0 unspecified atom stereocenters. The second-order valence-corrected chi connectivity index (χ2v) is 12.3. The molecule has 9 aromatic rings. The van der Waals surface area contributed by atoms with Crippen molar-refractivity contribution >= 4 is 21.8 Å². The molecule has 0 aliphatic rings. The highest BCUT2D eigenvalue weighted by molar-refractivity contribution is 6.11. The van der Waals surface area contributed by atoms with Crippen LogP contribution in [0.1, 0.15) is 0 Å². The molecule has 0 aliphatic heterocycles. The molecule has 236 valence electrons. The lowest BCUT2D eigenvalue weighted by Crippen LogP contribution is -1.98. The Balaban J connectivity index is 1.15. The third-order valence-electron chi connectivity index (χ3n) is 9.19. The molecule has 0 N–H and O–H groups in total. The number of hydrogen-bond donors (Lipinski definition) is 0. The van der Waals surface area contributed by atoms with E-state index in [-0.39, 0.29) is 0 Å². The van der Waals surface area contributed by atoms with Crippen molar-refractivity contribution in [3.05, 3.63) is 188 Å². The van der Waals surface area contributed by atoms with Crippen molar-refractivity contribution in [3.63, 3.8) is 0 Å². The molecule has 3 aromatic heterocycles. The van der Waals surface area contributed by atoms with Crippen LogP contribution in [0.15, 0.2) is 188 Å². The molecule has 4 heteroatoms. The van der Waals surface area contributed by atoms with E-state index < -0.39 is 0 Å². The summed E-state index contributed by atoms with van der Waals surface area (Å²) in [6.45, 7) is 0. The molecule has 0 aliphatic carbocycles. The average molecular weight is 642 g/mol. The van der Waals surface area contributed by atoms with Crippen molar-refractivity contribution < 1.29 is 4.74 Å². The number of benzene rings is 6. The molecule has 0 saturated carbocycles. The topological polar surface area (TPSA) is 39.9 Å². The summed E-state index contributed by atoms with van der Waals surface area (Å²) in [7, 11) is 0. The van der Waals surface area contributed by atoms with Gasteiger partial charge in [0.05, 0.1) is 11.0 Å². The van der Waals surface area contributed by atoms with Crippen molar-refractivity contribution in [2.75, 3.05) is 0 Å². The van der Waals surface area contributed by atoms with Crippen LogP contribution in [0.25, 0.3) is 72.1 Å². The Morgan fingerprint density at radius 3 is 1.62 bits per heavy atom. The van der Waals surface area contributed by atoms with Gasteiger partial charge in [-0.05, 0) is 93.0 Å². The molecule has 0 bridgehead atoms. The van der Waals surface area contributed by atoms with E-state index >= 15 is 0 Å². The largest absolute Gasteiger partial charge is 0.439 e. The van der Waals surface area contributed by atoms with Gasteiger partial charge in [0.2, 0.25) is 5.88 Å². The summed E-state index contributed by atoms with van der Waals surface area (Å²) in [5.74, 6) is 2.15. The minimum Gasteiger partial charge on any atom is -0.439 e. The van der Waals surface area contributed by atoms with Gasteiger partial charge in [0.1, 0.15) is 11.6 Å². The maximum Gasteiger partial charge on any atom is 0.219 e. The van der Waals surface area contributed by atoms with Gasteiger partial charge < -0.3 is 4.74 Å². The third kappa shape index (κ3) is 5.59. The van der Waals surface area contributed by atoms with E-state index in [2.05, 4.69) is 137 Å². The lowest BCUT2D eigenvalue weighted by molar-refractivity contribution is 0.463. The molecular weight excluding hydrogens is 611 g/mol. The first-order valence-electron chi connectivity index (χ1n) is 16.7. The number of pyridine rings is 2. The van der Waals surface area contributed by atoms with E-state index in [1.165, 1.54) is 21.9 Å². The number of nitrogens with zero attached hydrogens (tertiary/aromatic N) is 3. The van der Waals surface area contributed by atoms with Crippen molar-refractivity contribution in [3.8, 4) is 62.0 Å². The first-order chi connectivity index (χ1) is 24.8. The number of fused-ring (bicyclic) bond motifs is 3. The quantitative estimate of drug-likeness (QED) is 0.174. The van der Waals surface area contributed by atoms with E-state index in [1.807, 2.05) is 54.7 Å². The van der Waals surface area contributed by atoms with Crippen LogP contribution in [-0.4, -0.2) is 14.5 Å². The number of hydrogen-bond acceptors (Lipinski definition) is 3. The zero-order chi connectivity index (χ0) is 33.3. The Kier molecular flexibility index (Phi) is 7.45. The summed E-state index contributed by atoms with van der Waals surface area (Å²) in [5.41, 5.74) is 11.2. The Hall–Kier alpha value is -6.78. The van der Waals surface area contributed by atoms with Crippen molar-refractivity contribution in [1.82, 2.24) is 14.5 Å². The highest BCUT2D eigenvalue weighted by atomic mass is 16.5. The Labute approximate surface area is 290 Å². The summed E-state index contributed by atoms with van der Waals surface area (Å²) >= 11 is 0. The molecule has 0 radical (unpaired) electrons. The molecule has 0 spiro atoms. The predicted molar refractivity (Wildman–Crippen MR) is 205 cm³/mol. The van der Waals surface area contributed by atoms with Gasteiger partial charge in [-0.25, -0.2) is 9.97 Å². The van der Waals surface area contributed by atoms with E-state index in [4.69, 9.17) is 9.72 Å². The first kappa shape index (κ1) is 29.4. The zero-order valence-electron chi connectivity index (χ0n) is 27.1.